The molecule has 1 aliphatic rings. The molecule has 1 heterocycles. The van der Waals surface area contributed by atoms with Crippen molar-refractivity contribution in [2.75, 3.05) is 26.2 Å². The minimum Gasteiger partial charge on any atom is -0.313 e. The van der Waals surface area contributed by atoms with Gasteiger partial charge in [-0.05, 0) is 38.9 Å². The molecule has 2 heteroatoms. The Balaban J connectivity index is 1.98. The summed E-state index contributed by atoms with van der Waals surface area (Å²) in [6.07, 6.45) is 14.1. The smallest absolute Gasteiger partial charge is 0.0195 e. The van der Waals surface area contributed by atoms with Crippen LogP contribution in [0.25, 0.3) is 0 Å². The van der Waals surface area contributed by atoms with Gasteiger partial charge in [0, 0.05) is 12.6 Å². The summed E-state index contributed by atoms with van der Waals surface area (Å²) in [6, 6.07) is 0.762. The molecule has 1 N–H and O–H groups in total. The quantitative estimate of drug-likeness (QED) is 0.565. The van der Waals surface area contributed by atoms with Gasteiger partial charge in [0.1, 0.15) is 0 Å². The first-order valence-corrected chi connectivity index (χ1v) is 8.82. The fraction of sp³-hybridized carbons (Fsp3) is 1.00. The fourth-order valence-electron chi connectivity index (χ4n) is 3.06. The van der Waals surface area contributed by atoms with Gasteiger partial charge in [-0.25, -0.2) is 0 Å². The molecular formula is C17H36N2. The molecule has 1 saturated heterocycles. The second kappa shape index (κ2) is 11.7. The van der Waals surface area contributed by atoms with Gasteiger partial charge in [0.15, 0.2) is 0 Å². The molecule has 0 aromatic carbocycles. The zero-order valence-electron chi connectivity index (χ0n) is 13.4. The van der Waals surface area contributed by atoms with Gasteiger partial charge in [0.2, 0.25) is 0 Å². The summed E-state index contributed by atoms with van der Waals surface area (Å²) in [4.78, 5) is 2.65. The molecule has 0 aliphatic carbocycles. The highest BCUT2D eigenvalue weighted by molar-refractivity contribution is 4.75. The van der Waals surface area contributed by atoms with Crippen LogP contribution in [-0.4, -0.2) is 37.1 Å². The van der Waals surface area contributed by atoms with Gasteiger partial charge >= 0.3 is 0 Å². The van der Waals surface area contributed by atoms with Crippen molar-refractivity contribution >= 4 is 0 Å². The van der Waals surface area contributed by atoms with Crippen molar-refractivity contribution in [3.8, 4) is 0 Å². The average molecular weight is 268 g/mol. The molecule has 0 amide bonds. The molecule has 0 radical (unpaired) electrons. The van der Waals surface area contributed by atoms with Crippen LogP contribution >= 0.6 is 0 Å². The van der Waals surface area contributed by atoms with E-state index in [1.54, 1.807) is 0 Å². The summed E-state index contributed by atoms with van der Waals surface area (Å²) in [7, 11) is 0. The molecule has 1 aliphatic heterocycles. The lowest BCUT2D eigenvalue weighted by molar-refractivity contribution is 0.229. The predicted octanol–water partition coefficient (Wildman–Crippen LogP) is 4.20. The lowest BCUT2D eigenvalue weighted by Crippen LogP contribution is -2.43. The number of hydrogen-bond donors (Lipinski definition) is 1. The Kier molecular flexibility index (Phi) is 10.5. The van der Waals surface area contributed by atoms with Crippen LogP contribution in [-0.2, 0) is 0 Å². The van der Waals surface area contributed by atoms with Crippen molar-refractivity contribution in [2.24, 2.45) is 0 Å². The van der Waals surface area contributed by atoms with E-state index in [1.807, 2.05) is 0 Å². The van der Waals surface area contributed by atoms with E-state index in [0.29, 0.717) is 0 Å². The topological polar surface area (TPSA) is 15.3 Å². The van der Waals surface area contributed by atoms with Gasteiger partial charge in [-0.15, -0.1) is 0 Å². The van der Waals surface area contributed by atoms with Gasteiger partial charge in [-0.2, -0.15) is 0 Å². The Morgan fingerprint density at radius 3 is 2.32 bits per heavy atom. The highest BCUT2D eigenvalue weighted by Crippen LogP contribution is 2.10. The first-order valence-electron chi connectivity index (χ1n) is 8.82. The lowest BCUT2D eigenvalue weighted by Gasteiger charge is -2.29. The van der Waals surface area contributed by atoms with Crippen LogP contribution < -0.4 is 5.32 Å². The van der Waals surface area contributed by atoms with E-state index >= 15 is 0 Å². The second-order valence-electron chi connectivity index (χ2n) is 6.16. The van der Waals surface area contributed by atoms with E-state index in [-0.39, 0.29) is 0 Å². The fourth-order valence-corrected chi connectivity index (χ4v) is 3.06. The molecule has 0 spiro atoms. The number of nitrogens with zero attached hydrogens (tertiary/aromatic N) is 1. The summed E-state index contributed by atoms with van der Waals surface area (Å²) >= 11 is 0. The predicted molar refractivity (Wildman–Crippen MR) is 85.7 cm³/mol. The van der Waals surface area contributed by atoms with Gasteiger partial charge in [-0.3, -0.25) is 0 Å². The van der Waals surface area contributed by atoms with Crippen LogP contribution in [0.1, 0.15) is 78.1 Å². The molecule has 0 bridgehead atoms. The van der Waals surface area contributed by atoms with Gasteiger partial charge < -0.3 is 10.2 Å². The van der Waals surface area contributed by atoms with E-state index in [1.165, 1.54) is 90.4 Å². The molecule has 0 aromatic rings. The number of hydrogen-bond acceptors (Lipinski definition) is 2. The van der Waals surface area contributed by atoms with E-state index in [4.69, 9.17) is 0 Å². The Bertz CT molecular complexity index is 188. The number of unbranched alkanes of at least 4 members (excludes halogenated alkanes) is 6. The molecule has 1 fully saturated rings. The minimum atomic E-state index is 0.762. The maximum Gasteiger partial charge on any atom is 0.0195 e. The van der Waals surface area contributed by atoms with Crippen LogP contribution in [0.4, 0.5) is 0 Å². The summed E-state index contributed by atoms with van der Waals surface area (Å²) < 4.78 is 0. The third-order valence-electron chi connectivity index (χ3n) is 4.42. The van der Waals surface area contributed by atoms with Crippen LogP contribution in [0.3, 0.4) is 0 Å². The first kappa shape index (κ1) is 17.0. The number of rotatable bonds is 11. The molecule has 1 atom stereocenters. The molecule has 19 heavy (non-hydrogen) atoms. The van der Waals surface area contributed by atoms with Gasteiger partial charge in [-0.1, -0.05) is 58.8 Å². The summed E-state index contributed by atoms with van der Waals surface area (Å²) in [5.41, 5.74) is 0. The van der Waals surface area contributed by atoms with Crippen LogP contribution in [0, 0.1) is 0 Å². The van der Waals surface area contributed by atoms with Crippen LogP contribution in [0.5, 0.6) is 0 Å². The highest BCUT2D eigenvalue weighted by Gasteiger charge is 2.15. The largest absolute Gasteiger partial charge is 0.313 e. The Labute approximate surface area is 121 Å². The van der Waals surface area contributed by atoms with Crippen molar-refractivity contribution in [1.29, 1.82) is 0 Å². The lowest BCUT2D eigenvalue weighted by atomic mass is 10.0. The number of nitrogens with one attached hydrogen (secondary N) is 1. The maximum atomic E-state index is 3.67. The highest BCUT2D eigenvalue weighted by atomic mass is 15.1. The zero-order valence-corrected chi connectivity index (χ0v) is 13.4. The molecule has 1 rings (SSSR count). The summed E-state index contributed by atoms with van der Waals surface area (Å²) in [6.45, 7) is 9.63. The molecule has 0 aromatic heterocycles. The van der Waals surface area contributed by atoms with Crippen molar-refractivity contribution in [2.45, 2.75) is 84.1 Å². The third kappa shape index (κ3) is 8.65. The monoisotopic (exact) mass is 268 g/mol. The zero-order chi connectivity index (χ0) is 13.8. The van der Waals surface area contributed by atoms with Crippen molar-refractivity contribution in [3.63, 3.8) is 0 Å². The first-order chi connectivity index (χ1) is 9.36. The van der Waals surface area contributed by atoms with Gasteiger partial charge in [0.25, 0.3) is 0 Å². The average Bonchev–Trinajstić information content (AvgIpc) is 2.46. The Morgan fingerprint density at radius 2 is 1.68 bits per heavy atom. The van der Waals surface area contributed by atoms with E-state index < -0.39 is 0 Å². The summed E-state index contributed by atoms with van der Waals surface area (Å²) in [5.74, 6) is 0. The summed E-state index contributed by atoms with van der Waals surface area (Å²) in [5, 5.41) is 3.67. The van der Waals surface area contributed by atoms with Crippen molar-refractivity contribution in [1.82, 2.24) is 10.2 Å². The van der Waals surface area contributed by atoms with E-state index in [2.05, 4.69) is 24.1 Å². The van der Waals surface area contributed by atoms with Crippen molar-refractivity contribution in [3.05, 3.63) is 0 Å². The van der Waals surface area contributed by atoms with Crippen molar-refractivity contribution < 1.29 is 0 Å². The van der Waals surface area contributed by atoms with E-state index in [9.17, 15) is 0 Å². The molecule has 114 valence electrons. The number of likely N-dealkylation sites (N-methyl/N-ethyl adjacent to an activating group) is 1. The third-order valence-corrected chi connectivity index (χ3v) is 4.42. The molecule has 2 nitrogen and oxygen atoms in total. The standard InChI is InChI=1S/C17H36N2/c1-3-5-6-7-8-9-12-15-19(4-2)16-17-13-10-11-14-18-17/h17-18H,3-16H2,1-2H3. The maximum absolute atomic E-state index is 3.67. The van der Waals surface area contributed by atoms with Gasteiger partial charge in [0.05, 0.1) is 0 Å². The van der Waals surface area contributed by atoms with E-state index in [0.717, 1.165) is 6.04 Å². The Hall–Kier alpha value is -0.0800. The second-order valence-corrected chi connectivity index (χ2v) is 6.16. The normalized spacial score (nSPS) is 20.1. The number of piperidine rings is 1. The van der Waals surface area contributed by atoms with Crippen LogP contribution in [0.15, 0.2) is 0 Å². The Morgan fingerprint density at radius 1 is 0.947 bits per heavy atom. The minimum absolute atomic E-state index is 0.762. The van der Waals surface area contributed by atoms with Crippen LogP contribution in [0.2, 0.25) is 0 Å². The molecular weight excluding hydrogens is 232 g/mol. The molecule has 1 unspecified atom stereocenters. The molecule has 0 saturated carbocycles. The SMILES string of the molecule is CCCCCCCCCN(CC)CC1CCCCN1.